The SMILES string of the molecule is CCC1(C(=O)O)CCN(C(=O)NC2CCS(=O)CC2)C1. The first-order valence-electron chi connectivity index (χ1n) is 7.10. The molecule has 2 amide bonds. The van der Waals surface area contributed by atoms with Crippen LogP contribution in [-0.4, -0.2) is 56.9 Å². The normalized spacial score (nSPS) is 34.0. The summed E-state index contributed by atoms with van der Waals surface area (Å²) in [6.45, 7) is 2.62. The van der Waals surface area contributed by atoms with E-state index in [0.29, 0.717) is 30.9 Å². The van der Waals surface area contributed by atoms with Crippen LogP contribution in [0.3, 0.4) is 0 Å². The maximum Gasteiger partial charge on any atom is 0.317 e. The van der Waals surface area contributed by atoms with Crippen LogP contribution in [0.5, 0.6) is 0 Å². The Morgan fingerprint density at radius 3 is 2.55 bits per heavy atom. The molecule has 7 heteroatoms. The van der Waals surface area contributed by atoms with Crippen molar-refractivity contribution in [1.29, 1.82) is 0 Å². The summed E-state index contributed by atoms with van der Waals surface area (Å²) in [6, 6.07) is -0.110. The molecule has 2 aliphatic heterocycles. The van der Waals surface area contributed by atoms with Gasteiger partial charge in [0.25, 0.3) is 0 Å². The Labute approximate surface area is 121 Å². The molecule has 2 aliphatic rings. The number of nitrogens with zero attached hydrogens (tertiary/aromatic N) is 1. The molecule has 1 unspecified atom stereocenters. The van der Waals surface area contributed by atoms with E-state index in [1.165, 1.54) is 0 Å². The predicted molar refractivity (Wildman–Crippen MR) is 76.0 cm³/mol. The van der Waals surface area contributed by atoms with Gasteiger partial charge in [0.2, 0.25) is 0 Å². The van der Waals surface area contributed by atoms with Crippen molar-refractivity contribution >= 4 is 22.8 Å². The summed E-state index contributed by atoms with van der Waals surface area (Å²) >= 11 is 0. The van der Waals surface area contributed by atoms with Gasteiger partial charge in [0.15, 0.2) is 0 Å². The molecule has 0 aromatic heterocycles. The molecule has 0 saturated carbocycles. The fraction of sp³-hybridized carbons (Fsp3) is 0.846. The van der Waals surface area contributed by atoms with Gasteiger partial charge in [0.05, 0.1) is 5.41 Å². The van der Waals surface area contributed by atoms with E-state index in [9.17, 15) is 18.9 Å². The van der Waals surface area contributed by atoms with Gasteiger partial charge in [-0.05, 0) is 25.7 Å². The van der Waals surface area contributed by atoms with E-state index in [2.05, 4.69) is 5.32 Å². The third-order valence-corrected chi connectivity index (χ3v) is 5.87. The van der Waals surface area contributed by atoms with Crippen molar-refractivity contribution in [2.45, 2.75) is 38.6 Å². The molecule has 114 valence electrons. The number of aliphatic carboxylic acids is 1. The van der Waals surface area contributed by atoms with Crippen LogP contribution in [0, 0.1) is 5.41 Å². The minimum atomic E-state index is -0.816. The number of carboxylic acid groups (broad SMARTS) is 1. The number of carbonyl (C=O) groups is 2. The number of hydrogen-bond donors (Lipinski definition) is 2. The van der Waals surface area contributed by atoms with Gasteiger partial charge >= 0.3 is 12.0 Å². The number of likely N-dealkylation sites (tertiary alicyclic amines) is 1. The van der Waals surface area contributed by atoms with Crippen molar-refractivity contribution in [3.8, 4) is 0 Å². The topological polar surface area (TPSA) is 86.7 Å². The van der Waals surface area contributed by atoms with Crippen LogP contribution in [0.4, 0.5) is 4.79 Å². The zero-order valence-corrected chi connectivity index (χ0v) is 12.6. The zero-order valence-electron chi connectivity index (χ0n) is 11.8. The van der Waals surface area contributed by atoms with Crippen molar-refractivity contribution in [3.05, 3.63) is 0 Å². The van der Waals surface area contributed by atoms with Gasteiger partial charge < -0.3 is 15.3 Å². The van der Waals surface area contributed by atoms with E-state index in [1.807, 2.05) is 6.92 Å². The summed E-state index contributed by atoms with van der Waals surface area (Å²) in [5.41, 5.74) is -0.786. The monoisotopic (exact) mass is 302 g/mol. The lowest BCUT2D eigenvalue weighted by Gasteiger charge is -2.27. The van der Waals surface area contributed by atoms with Crippen molar-refractivity contribution in [2.75, 3.05) is 24.6 Å². The average Bonchev–Trinajstić information content (AvgIpc) is 2.87. The van der Waals surface area contributed by atoms with Gasteiger partial charge in [-0.15, -0.1) is 0 Å². The number of urea groups is 1. The molecule has 0 aliphatic carbocycles. The number of rotatable bonds is 3. The van der Waals surface area contributed by atoms with Crippen LogP contribution in [0.25, 0.3) is 0 Å². The van der Waals surface area contributed by atoms with Crippen LogP contribution in [0.1, 0.15) is 32.6 Å². The summed E-state index contributed by atoms with van der Waals surface area (Å²) in [6.07, 6.45) is 2.53. The van der Waals surface area contributed by atoms with Gasteiger partial charge in [-0.1, -0.05) is 6.92 Å². The fourth-order valence-corrected chi connectivity index (χ4v) is 4.16. The van der Waals surface area contributed by atoms with Crippen molar-refractivity contribution < 1.29 is 18.9 Å². The summed E-state index contributed by atoms with van der Waals surface area (Å²) in [5, 5.41) is 12.3. The maximum atomic E-state index is 12.2. The van der Waals surface area contributed by atoms with Crippen molar-refractivity contribution in [1.82, 2.24) is 10.2 Å². The molecule has 6 nitrogen and oxygen atoms in total. The van der Waals surface area contributed by atoms with Gasteiger partial charge in [-0.25, -0.2) is 4.79 Å². The van der Waals surface area contributed by atoms with Crippen molar-refractivity contribution in [3.63, 3.8) is 0 Å². The standard InChI is InChI=1S/C13H22N2O4S/c1-2-13(11(16)17)5-6-15(9-13)12(18)14-10-3-7-20(19)8-4-10/h10H,2-9H2,1H3,(H,14,18)(H,16,17). The highest BCUT2D eigenvalue weighted by atomic mass is 32.2. The van der Waals surface area contributed by atoms with Gasteiger partial charge in [-0.3, -0.25) is 9.00 Å². The number of hydrogen-bond acceptors (Lipinski definition) is 3. The lowest BCUT2D eigenvalue weighted by atomic mass is 9.84. The lowest BCUT2D eigenvalue weighted by Crippen LogP contribution is -2.47. The minimum absolute atomic E-state index is 0.0710. The second-order valence-corrected chi connectivity index (χ2v) is 7.38. The minimum Gasteiger partial charge on any atom is -0.481 e. The Balaban J connectivity index is 1.88. The van der Waals surface area contributed by atoms with Crippen LogP contribution < -0.4 is 5.32 Å². The van der Waals surface area contributed by atoms with E-state index in [1.54, 1.807) is 4.90 Å². The van der Waals surface area contributed by atoms with E-state index in [4.69, 9.17) is 0 Å². The van der Waals surface area contributed by atoms with E-state index in [-0.39, 0.29) is 18.6 Å². The Kier molecular flexibility index (Phi) is 4.67. The van der Waals surface area contributed by atoms with Crippen LogP contribution >= 0.6 is 0 Å². The summed E-state index contributed by atoms with van der Waals surface area (Å²) in [7, 11) is -0.740. The third kappa shape index (κ3) is 3.13. The Bertz CT molecular complexity index is 419. The molecule has 2 saturated heterocycles. The molecule has 0 radical (unpaired) electrons. The van der Waals surface area contributed by atoms with E-state index >= 15 is 0 Å². The Morgan fingerprint density at radius 1 is 1.40 bits per heavy atom. The highest BCUT2D eigenvalue weighted by Crippen LogP contribution is 2.34. The summed E-state index contributed by atoms with van der Waals surface area (Å²) in [4.78, 5) is 25.1. The lowest BCUT2D eigenvalue weighted by molar-refractivity contribution is -0.148. The van der Waals surface area contributed by atoms with Gasteiger partial charge in [0.1, 0.15) is 0 Å². The largest absolute Gasteiger partial charge is 0.481 e. The number of carboxylic acids is 1. The average molecular weight is 302 g/mol. The third-order valence-electron chi connectivity index (χ3n) is 4.49. The molecule has 20 heavy (non-hydrogen) atoms. The van der Waals surface area contributed by atoms with Crippen molar-refractivity contribution in [2.24, 2.45) is 5.41 Å². The smallest absolute Gasteiger partial charge is 0.317 e. The molecular weight excluding hydrogens is 280 g/mol. The molecular formula is C13H22N2O4S. The Hall–Kier alpha value is -1.11. The summed E-state index contributed by atoms with van der Waals surface area (Å²) in [5.74, 6) is 0.459. The fourth-order valence-electron chi connectivity index (χ4n) is 2.86. The van der Waals surface area contributed by atoms with Crippen LogP contribution in [0.2, 0.25) is 0 Å². The maximum absolute atomic E-state index is 12.2. The molecule has 0 aromatic rings. The molecule has 2 heterocycles. The number of carbonyl (C=O) groups excluding carboxylic acids is 1. The van der Waals surface area contributed by atoms with Crippen LogP contribution in [0.15, 0.2) is 0 Å². The molecule has 0 aromatic carbocycles. The quantitative estimate of drug-likeness (QED) is 0.807. The van der Waals surface area contributed by atoms with E-state index < -0.39 is 22.2 Å². The number of amides is 2. The summed E-state index contributed by atoms with van der Waals surface area (Å²) < 4.78 is 11.3. The number of nitrogens with one attached hydrogen (secondary N) is 1. The molecule has 2 rings (SSSR count). The highest BCUT2D eigenvalue weighted by molar-refractivity contribution is 7.85. The second-order valence-electron chi connectivity index (χ2n) is 5.68. The first kappa shape index (κ1) is 15.3. The van der Waals surface area contributed by atoms with Crippen LogP contribution in [-0.2, 0) is 15.6 Å². The second kappa shape index (κ2) is 6.11. The highest BCUT2D eigenvalue weighted by Gasteiger charge is 2.45. The van der Waals surface area contributed by atoms with Gasteiger partial charge in [0, 0.05) is 41.4 Å². The molecule has 0 spiro atoms. The predicted octanol–water partition coefficient (Wildman–Crippen LogP) is 0.794. The first-order valence-corrected chi connectivity index (χ1v) is 8.59. The van der Waals surface area contributed by atoms with E-state index in [0.717, 1.165) is 12.8 Å². The molecule has 2 fully saturated rings. The first-order chi connectivity index (χ1) is 9.47. The molecule has 0 bridgehead atoms. The molecule has 1 atom stereocenters. The van der Waals surface area contributed by atoms with Gasteiger partial charge in [-0.2, -0.15) is 0 Å². The molecule has 2 N–H and O–H groups in total. The Morgan fingerprint density at radius 2 is 2.05 bits per heavy atom. The zero-order chi connectivity index (χ0) is 14.8.